The number of hydrogen-bond acceptors (Lipinski definition) is 3. The Morgan fingerprint density at radius 1 is 1.48 bits per heavy atom. The largest absolute Gasteiger partial charge is 0.481 e. The summed E-state index contributed by atoms with van der Waals surface area (Å²) in [4.78, 5) is 25.5. The van der Waals surface area contributed by atoms with Gasteiger partial charge in [0.05, 0.1) is 6.61 Å². The summed E-state index contributed by atoms with van der Waals surface area (Å²) in [5.74, 6) is -1.50. The van der Waals surface area contributed by atoms with Crippen LogP contribution in [0.4, 0.5) is 4.39 Å². The number of carbonyl (C=O) groups is 2. The van der Waals surface area contributed by atoms with Gasteiger partial charge in [-0.3, -0.25) is 9.59 Å². The standard InChI is InChI=1S/C17H22FNO4/c1-12(13-4-3-5-14(18)9-13)8-15(20)19-7-6-17(10-19,11-23-2)16(21)22/h3-5,9,12H,6-8,10-11H2,1-2H3,(H,21,22). The molecule has 126 valence electrons. The van der Waals surface area contributed by atoms with Gasteiger partial charge in [0.25, 0.3) is 0 Å². The van der Waals surface area contributed by atoms with Crippen LogP contribution in [0.2, 0.25) is 0 Å². The minimum atomic E-state index is -1.02. The van der Waals surface area contributed by atoms with E-state index in [4.69, 9.17) is 4.74 Å². The van der Waals surface area contributed by atoms with Crippen molar-refractivity contribution in [2.75, 3.05) is 26.8 Å². The van der Waals surface area contributed by atoms with E-state index in [0.717, 1.165) is 5.56 Å². The number of rotatable bonds is 6. The van der Waals surface area contributed by atoms with Crippen LogP contribution in [0.5, 0.6) is 0 Å². The number of carbonyl (C=O) groups excluding carboxylic acids is 1. The van der Waals surface area contributed by atoms with Gasteiger partial charge in [-0.05, 0) is 30.0 Å². The molecule has 1 heterocycles. The Labute approximate surface area is 135 Å². The Morgan fingerprint density at radius 3 is 2.83 bits per heavy atom. The molecule has 0 aromatic heterocycles. The second-order valence-electron chi connectivity index (χ2n) is 6.24. The molecule has 1 saturated heterocycles. The average molecular weight is 323 g/mol. The maximum Gasteiger partial charge on any atom is 0.313 e. The molecule has 0 saturated carbocycles. The summed E-state index contributed by atoms with van der Waals surface area (Å²) in [5.41, 5.74) is -0.258. The Morgan fingerprint density at radius 2 is 2.22 bits per heavy atom. The van der Waals surface area contributed by atoms with E-state index in [1.54, 1.807) is 17.0 Å². The summed E-state index contributed by atoms with van der Waals surface area (Å²) in [6, 6.07) is 6.20. The van der Waals surface area contributed by atoms with Gasteiger partial charge in [-0.2, -0.15) is 0 Å². The number of likely N-dealkylation sites (tertiary alicyclic amines) is 1. The van der Waals surface area contributed by atoms with Gasteiger partial charge in [0.2, 0.25) is 5.91 Å². The van der Waals surface area contributed by atoms with E-state index in [-0.39, 0.29) is 37.2 Å². The van der Waals surface area contributed by atoms with Crippen molar-refractivity contribution in [1.29, 1.82) is 0 Å². The highest BCUT2D eigenvalue weighted by atomic mass is 19.1. The van der Waals surface area contributed by atoms with Gasteiger partial charge >= 0.3 is 5.97 Å². The lowest BCUT2D eigenvalue weighted by molar-refractivity contribution is -0.151. The van der Waals surface area contributed by atoms with Crippen molar-refractivity contribution in [3.8, 4) is 0 Å². The van der Waals surface area contributed by atoms with Crippen LogP contribution in [0.1, 0.15) is 31.2 Å². The number of aliphatic carboxylic acids is 1. The van der Waals surface area contributed by atoms with Gasteiger partial charge in [0.15, 0.2) is 0 Å². The molecule has 23 heavy (non-hydrogen) atoms. The Hall–Kier alpha value is -1.95. The highest BCUT2D eigenvalue weighted by Crippen LogP contribution is 2.32. The molecule has 1 fully saturated rings. The fraction of sp³-hybridized carbons (Fsp3) is 0.529. The second kappa shape index (κ2) is 7.08. The smallest absolute Gasteiger partial charge is 0.313 e. The number of methoxy groups -OCH3 is 1. The van der Waals surface area contributed by atoms with Gasteiger partial charge in [0, 0.05) is 26.6 Å². The molecule has 1 amide bonds. The number of nitrogens with zero attached hydrogens (tertiary/aromatic N) is 1. The molecule has 0 radical (unpaired) electrons. The summed E-state index contributed by atoms with van der Waals surface area (Å²) < 4.78 is 18.3. The van der Waals surface area contributed by atoms with Gasteiger partial charge < -0.3 is 14.7 Å². The van der Waals surface area contributed by atoms with Crippen molar-refractivity contribution in [1.82, 2.24) is 4.90 Å². The van der Waals surface area contributed by atoms with E-state index in [2.05, 4.69) is 0 Å². The molecule has 6 heteroatoms. The van der Waals surface area contributed by atoms with Crippen molar-refractivity contribution in [2.24, 2.45) is 5.41 Å². The first-order valence-electron chi connectivity index (χ1n) is 7.63. The second-order valence-corrected chi connectivity index (χ2v) is 6.24. The van der Waals surface area contributed by atoms with E-state index in [0.29, 0.717) is 13.0 Å². The van der Waals surface area contributed by atoms with Crippen LogP contribution in [0.25, 0.3) is 0 Å². The van der Waals surface area contributed by atoms with Crippen LogP contribution in [-0.4, -0.2) is 48.7 Å². The molecule has 2 atom stereocenters. The van der Waals surface area contributed by atoms with Crippen LogP contribution >= 0.6 is 0 Å². The normalized spacial score (nSPS) is 22.1. The molecular weight excluding hydrogens is 301 g/mol. The van der Waals surface area contributed by atoms with Crippen molar-refractivity contribution in [2.45, 2.75) is 25.7 Å². The van der Waals surface area contributed by atoms with E-state index >= 15 is 0 Å². The van der Waals surface area contributed by atoms with Gasteiger partial charge in [-0.1, -0.05) is 19.1 Å². The third-order valence-corrected chi connectivity index (χ3v) is 4.48. The SMILES string of the molecule is COCC1(C(=O)O)CCN(C(=O)CC(C)c2cccc(F)c2)C1. The quantitative estimate of drug-likeness (QED) is 0.872. The van der Waals surface area contributed by atoms with Crippen LogP contribution < -0.4 is 0 Å². The van der Waals surface area contributed by atoms with Crippen molar-refractivity contribution in [3.05, 3.63) is 35.6 Å². The zero-order valence-corrected chi connectivity index (χ0v) is 13.4. The van der Waals surface area contributed by atoms with Gasteiger partial charge in [-0.25, -0.2) is 4.39 Å². The van der Waals surface area contributed by atoms with Crippen molar-refractivity contribution >= 4 is 11.9 Å². The molecule has 5 nitrogen and oxygen atoms in total. The third-order valence-electron chi connectivity index (χ3n) is 4.48. The van der Waals surface area contributed by atoms with Crippen molar-refractivity contribution in [3.63, 3.8) is 0 Å². The lowest BCUT2D eigenvalue weighted by atomic mass is 9.88. The van der Waals surface area contributed by atoms with E-state index < -0.39 is 11.4 Å². The molecule has 1 aromatic rings. The lowest BCUT2D eigenvalue weighted by Gasteiger charge is -2.24. The Bertz CT molecular complexity index is 592. The van der Waals surface area contributed by atoms with E-state index in [1.807, 2.05) is 6.92 Å². The first-order chi connectivity index (χ1) is 10.9. The molecule has 1 aliphatic heterocycles. The lowest BCUT2D eigenvalue weighted by Crippen LogP contribution is -2.40. The first kappa shape index (κ1) is 17.4. The maximum atomic E-state index is 13.3. The van der Waals surface area contributed by atoms with E-state index in [9.17, 15) is 19.1 Å². The number of amides is 1. The molecule has 0 spiro atoms. The summed E-state index contributed by atoms with van der Waals surface area (Å²) in [6.07, 6.45) is 0.613. The van der Waals surface area contributed by atoms with E-state index in [1.165, 1.54) is 19.2 Å². The predicted octanol–water partition coefficient (Wildman–Crippen LogP) is 2.27. The number of hydrogen-bond donors (Lipinski definition) is 1. The highest BCUT2D eigenvalue weighted by Gasteiger charge is 2.46. The third kappa shape index (κ3) is 3.88. The number of ether oxygens (including phenoxy) is 1. The molecule has 0 bridgehead atoms. The summed E-state index contributed by atoms with van der Waals surface area (Å²) in [5, 5.41) is 9.43. The average Bonchev–Trinajstić information content (AvgIpc) is 2.93. The Balaban J connectivity index is 2.00. The molecule has 2 unspecified atom stereocenters. The summed E-state index contributed by atoms with van der Waals surface area (Å²) >= 11 is 0. The summed E-state index contributed by atoms with van der Waals surface area (Å²) in [6.45, 7) is 2.52. The Kier molecular flexibility index (Phi) is 5.36. The molecular formula is C17H22FNO4. The van der Waals surface area contributed by atoms with Crippen LogP contribution in [0, 0.1) is 11.2 Å². The molecule has 1 aromatic carbocycles. The molecule has 0 aliphatic carbocycles. The molecule has 1 aliphatic rings. The first-order valence-corrected chi connectivity index (χ1v) is 7.63. The van der Waals surface area contributed by atoms with Gasteiger partial charge in [0.1, 0.15) is 11.2 Å². The van der Waals surface area contributed by atoms with Gasteiger partial charge in [-0.15, -0.1) is 0 Å². The van der Waals surface area contributed by atoms with Crippen LogP contribution in [-0.2, 0) is 14.3 Å². The molecule has 1 N–H and O–H groups in total. The number of halogens is 1. The minimum Gasteiger partial charge on any atom is -0.481 e. The summed E-state index contributed by atoms with van der Waals surface area (Å²) in [7, 11) is 1.46. The number of benzene rings is 1. The van der Waals surface area contributed by atoms with Crippen molar-refractivity contribution < 1.29 is 23.8 Å². The minimum absolute atomic E-state index is 0.0889. The fourth-order valence-corrected chi connectivity index (χ4v) is 3.04. The number of carboxylic acids is 1. The fourth-order valence-electron chi connectivity index (χ4n) is 3.04. The maximum absolute atomic E-state index is 13.3. The predicted molar refractivity (Wildman–Crippen MR) is 82.6 cm³/mol. The zero-order chi connectivity index (χ0) is 17.0. The van der Waals surface area contributed by atoms with Crippen LogP contribution in [0.3, 0.4) is 0 Å². The number of carboxylic acid groups (broad SMARTS) is 1. The topological polar surface area (TPSA) is 66.8 Å². The highest BCUT2D eigenvalue weighted by molar-refractivity contribution is 5.81. The molecule has 2 rings (SSSR count). The zero-order valence-electron chi connectivity index (χ0n) is 13.4. The monoisotopic (exact) mass is 323 g/mol. The van der Waals surface area contributed by atoms with Crippen LogP contribution in [0.15, 0.2) is 24.3 Å².